The lowest BCUT2D eigenvalue weighted by Crippen LogP contribution is -2.61. The van der Waals surface area contributed by atoms with Crippen LogP contribution in [0.25, 0.3) is 187 Å². The van der Waals surface area contributed by atoms with E-state index in [1.165, 1.54) is 131 Å². The quantitative estimate of drug-likeness (QED) is 0.113. The molecule has 4 nitrogen and oxygen atoms in total. The molecule has 25 rings (SSSR count). The molecule has 0 amide bonds. The summed E-state index contributed by atoms with van der Waals surface area (Å²) in [5, 5.41) is 14.6. The molecule has 0 N–H and O–H groups in total. The highest BCUT2D eigenvalue weighted by molar-refractivity contribution is 7.00. The standard InChI is InChI=1S/C138H115BN4/c1-134(2,3)100-70-98(71-101(78-100)135(4,5)6)113-84-125-129(109-54-34-32-52-107(109)113)111-56-36-38-58-121(111)140(125)105-64-66-119-123(82-105)142(132-115(88-42-20-16-21-43-88)74-96(75-116(132)89-44-22-17-23-45-89)94-62-60-86-40-28-30-50-92(86)68-94)127-80-104(138(13,14)15)81-128-131(127)139(119)120-67-65-106(141-122-59-39-37-57-112(122)130-110-55-35-33-53-108(110)114(85-126(130)141)99-72-102(136(7,8)9)79-103(73-99)137(10,11)12)83-124(120)143(128)133-117(90-46-24-18-25-47-90)76-97(77-118(133)91-48-26-19-27-49-91)95-63-61-87-41-29-31-51-93(87)69-95/h16-85H,1-15H3. The average Bonchev–Trinajstić information content (AvgIpc) is 0.987. The molecule has 0 unspecified atom stereocenters. The van der Waals surface area contributed by atoms with Gasteiger partial charge in [-0.1, -0.05) is 431 Å². The molecule has 0 aliphatic carbocycles. The van der Waals surface area contributed by atoms with E-state index in [4.69, 9.17) is 0 Å². The van der Waals surface area contributed by atoms with E-state index in [0.29, 0.717) is 0 Å². The number of aromatic nitrogens is 2. The molecule has 23 aromatic rings. The SMILES string of the molecule is CC(C)(C)c1cc(-c2cc3c(c4ccccc24)c2ccccc2n3-c2ccc3c(c2)N(c2c(-c4ccccc4)cc(-c4ccc5ccccc5c4)cc2-c2ccccc2)c2cc(C(C)(C)C)cc4c2B3c2ccc(-n3c5ccccc5c5c6ccccc6c(-c6cc(C(C)(C)C)cc(C(C)(C)C)c6)cc53)cc2N4c2c(-c3ccccc3)cc(-c3ccc4ccccc4c3)cc2-c2ccccc2)cc(C(C)(C)C)c1. The van der Waals surface area contributed by atoms with Crippen LogP contribution in [0.15, 0.2) is 425 Å². The number of benzene rings is 21. The first kappa shape index (κ1) is 88.4. The molecule has 2 aliphatic heterocycles. The second kappa shape index (κ2) is 33.3. The highest BCUT2D eigenvalue weighted by Gasteiger charge is 2.47. The predicted molar refractivity (Wildman–Crippen MR) is 616 cm³/mol. The summed E-state index contributed by atoms with van der Waals surface area (Å²) in [6.45, 7) is 35.2. The van der Waals surface area contributed by atoms with E-state index in [1.807, 2.05) is 0 Å². The Kier molecular flexibility index (Phi) is 20.6. The minimum Gasteiger partial charge on any atom is -0.310 e. The van der Waals surface area contributed by atoms with Crippen molar-refractivity contribution < 1.29 is 0 Å². The van der Waals surface area contributed by atoms with Crippen molar-refractivity contribution in [3.63, 3.8) is 0 Å². The molecule has 0 saturated carbocycles. The van der Waals surface area contributed by atoms with Gasteiger partial charge in [-0.25, -0.2) is 0 Å². The molecule has 0 radical (unpaired) electrons. The minimum atomic E-state index is -0.440. The van der Waals surface area contributed by atoms with E-state index in [0.717, 1.165) is 134 Å². The van der Waals surface area contributed by atoms with E-state index >= 15 is 0 Å². The van der Waals surface area contributed by atoms with Crippen LogP contribution in [0.3, 0.4) is 0 Å². The summed E-state index contributed by atoms with van der Waals surface area (Å²) in [5.41, 5.74) is 40.7. The van der Waals surface area contributed by atoms with Gasteiger partial charge in [0.1, 0.15) is 0 Å². The number of nitrogens with zero attached hydrogens (tertiary/aromatic N) is 4. The molecule has 0 spiro atoms. The Morgan fingerprint density at radius 2 is 0.476 bits per heavy atom. The van der Waals surface area contributed by atoms with Crippen LogP contribution in [0.4, 0.5) is 34.1 Å². The number of hydrogen-bond acceptors (Lipinski definition) is 2. The number of rotatable bonds is 12. The Balaban J connectivity index is 0.846. The van der Waals surface area contributed by atoms with Crippen LogP contribution >= 0.6 is 0 Å². The summed E-state index contributed by atoms with van der Waals surface area (Å²) in [5.74, 6) is 0. The second-order valence-electron chi connectivity index (χ2n) is 45.2. The summed E-state index contributed by atoms with van der Waals surface area (Å²) >= 11 is 0. The van der Waals surface area contributed by atoms with Crippen molar-refractivity contribution in [1.82, 2.24) is 9.13 Å². The fourth-order valence-corrected chi connectivity index (χ4v) is 23.3. The molecule has 5 heteroatoms. The van der Waals surface area contributed by atoms with Crippen molar-refractivity contribution in [1.29, 1.82) is 0 Å². The van der Waals surface area contributed by atoms with Gasteiger partial charge < -0.3 is 18.9 Å². The van der Waals surface area contributed by atoms with Gasteiger partial charge in [0.2, 0.25) is 0 Å². The Morgan fingerprint density at radius 3 is 0.811 bits per heavy atom. The van der Waals surface area contributed by atoms with Gasteiger partial charge >= 0.3 is 0 Å². The van der Waals surface area contributed by atoms with Crippen molar-refractivity contribution in [2.75, 3.05) is 9.80 Å². The minimum absolute atomic E-state index is 0.117. The molecule has 0 bridgehead atoms. The van der Waals surface area contributed by atoms with Gasteiger partial charge in [-0.05, 0) is 278 Å². The van der Waals surface area contributed by atoms with Crippen molar-refractivity contribution in [2.45, 2.75) is 131 Å². The first-order valence-corrected chi connectivity index (χ1v) is 50.9. The van der Waals surface area contributed by atoms with E-state index in [9.17, 15) is 0 Å². The summed E-state index contributed by atoms with van der Waals surface area (Å²) in [6.07, 6.45) is 0. The fraction of sp³-hybridized carbons (Fsp3) is 0.145. The Morgan fingerprint density at radius 1 is 0.182 bits per heavy atom. The van der Waals surface area contributed by atoms with Gasteiger partial charge in [0, 0.05) is 77.9 Å². The van der Waals surface area contributed by atoms with Gasteiger partial charge in [-0.3, -0.25) is 0 Å². The molecular weight excluding hydrogens is 1720 g/mol. The van der Waals surface area contributed by atoms with Crippen molar-refractivity contribution in [2.24, 2.45) is 0 Å². The maximum atomic E-state index is 2.77. The zero-order chi connectivity index (χ0) is 97.6. The van der Waals surface area contributed by atoms with Crippen molar-refractivity contribution >= 4 is 144 Å². The molecule has 690 valence electrons. The van der Waals surface area contributed by atoms with E-state index in [2.05, 4.69) is 547 Å². The largest absolute Gasteiger partial charge is 0.310 e. The topological polar surface area (TPSA) is 16.3 Å². The third-order valence-electron chi connectivity index (χ3n) is 30.9. The Labute approximate surface area is 840 Å². The average molecular weight is 1840 g/mol. The molecule has 2 aromatic heterocycles. The highest BCUT2D eigenvalue weighted by Crippen LogP contribution is 2.58. The maximum absolute atomic E-state index is 2.77. The lowest BCUT2D eigenvalue weighted by molar-refractivity contribution is 0.568. The summed E-state index contributed by atoms with van der Waals surface area (Å²) in [6, 6.07) is 164. The third kappa shape index (κ3) is 14.9. The van der Waals surface area contributed by atoms with Gasteiger partial charge in [0.25, 0.3) is 6.71 Å². The van der Waals surface area contributed by atoms with Crippen LogP contribution in [-0.4, -0.2) is 15.8 Å². The maximum Gasteiger partial charge on any atom is 0.252 e. The monoisotopic (exact) mass is 1840 g/mol. The number of fused-ring (bicyclic) bond motifs is 16. The first-order valence-electron chi connectivity index (χ1n) is 50.9. The van der Waals surface area contributed by atoms with Crippen LogP contribution in [0, 0.1) is 0 Å². The first-order chi connectivity index (χ1) is 69.1. The summed E-state index contributed by atoms with van der Waals surface area (Å²) < 4.78 is 5.24. The van der Waals surface area contributed by atoms with Gasteiger partial charge in [-0.2, -0.15) is 0 Å². The molecule has 0 saturated heterocycles. The zero-order valence-corrected chi connectivity index (χ0v) is 84.3. The molecule has 143 heavy (non-hydrogen) atoms. The molecular formula is C138H115BN4. The van der Waals surface area contributed by atoms with E-state index in [-0.39, 0.29) is 28.4 Å². The van der Waals surface area contributed by atoms with Crippen LogP contribution in [0.5, 0.6) is 0 Å². The van der Waals surface area contributed by atoms with Crippen LogP contribution in [-0.2, 0) is 27.1 Å². The highest BCUT2D eigenvalue weighted by atomic mass is 15.2. The van der Waals surface area contributed by atoms with Crippen molar-refractivity contribution in [3.8, 4) is 100 Å². The van der Waals surface area contributed by atoms with E-state index < -0.39 is 5.41 Å². The summed E-state index contributed by atoms with van der Waals surface area (Å²) in [4.78, 5) is 5.55. The molecule has 0 fully saturated rings. The summed E-state index contributed by atoms with van der Waals surface area (Å²) in [7, 11) is 0. The molecule has 2 aliphatic rings. The number of para-hydroxylation sites is 2. The van der Waals surface area contributed by atoms with Crippen molar-refractivity contribution in [3.05, 3.63) is 452 Å². The van der Waals surface area contributed by atoms with Gasteiger partial charge in [-0.15, -0.1) is 0 Å². The zero-order valence-electron chi connectivity index (χ0n) is 84.3. The van der Waals surface area contributed by atoms with Gasteiger partial charge in [0.05, 0.1) is 33.4 Å². The fourth-order valence-electron chi connectivity index (χ4n) is 23.3. The molecule has 4 heterocycles. The predicted octanol–water partition coefficient (Wildman–Crippen LogP) is 36.4. The smallest absolute Gasteiger partial charge is 0.252 e. The number of anilines is 6. The molecule has 0 atom stereocenters. The Bertz CT molecular complexity index is 8450. The van der Waals surface area contributed by atoms with Gasteiger partial charge in [0.15, 0.2) is 0 Å². The van der Waals surface area contributed by atoms with Crippen LogP contribution in [0.2, 0.25) is 0 Å². The normalized spacial score (nSPS) is 13.0. The van der Waals surface area contributed by atoms with Crippen LogP contribution in [0.1, 0.15) is 132 Å². The van der Waals surface area contributed by atoms with E-state index in [1.54, 1.807) is 0 Å². The Hall–Kier alpha value is -16.1. The number of hydrogen-bond donors (Lipinski definition) is 0. The molecule has 21 aromatic carbocycles. The van der Waals surface area contributed by atoms with Crippen LogP contribution < -0.4 is 26.2 Å². The third-order valence-corrected chi connectivity index (χ3v) is 30.9. The lowest BCUT2D eigenvalue weighted by Gasteiger charge is -2.46. The second-order valence-corrected chi connectivity index (χ2v) is 45.2. The lowest BCUT2D eigenvalue weighted by atomic mass is 9.33.